The minimum Gasteiger partial charge on any atom is -0.451 e. The molecule has 0 spiro atoms. The van der Waals surface area contributed by atoms with Gasteiger partial charge in [0.05, 0.1) is 0 Å². The predicted octanol–water partition coefficient (Wildman–Crippen LogP) is 2.98. The molecular weight excluding hydrogens is 290 g/mol. The van der Waals surface area contributed by atoms with E-state index in [2.05, 4.69) is 10.5 Å². The molecule has 2 unspecified atom stereocenters. The Balaban J connectivity index is 1.71. The maximum atomic E-state index is 10.1. The van der Waals surface area contributed by atoms with E-state index in [1.165, 1.54) is 0 Å². The van der Waals surface area contributed by atoms with Crippen LogP contribution >= 0.6 is 0 Å². The highest BCUT2D eigenvalue weighted by Gasteiger charge is 2.18. The summed E-state index contributed by atoms with van der Waals surface area (Å²) in [7, 11) is 0. The maximum absolute atomic E-state index is 10.1. The van der Waals surface area contributed by atoms with Gasteiger partial charge in [0.25, 0.3) is 0 Å². The summed E-state index contributed by atoms with van der Waals surface area (Å²) in [5.41, 5.74) is 6.08. The Morgan fingerprint density at radius 1 is 1.17 bits per heavy atom. The van der Waals surface area contributed by atoms with Crippen LogP contribution in [0.25, 0.3) is 0 Å². The van der Waals surface area contributed by atoms with Gasteiger partial charge in [-0.2, -0.15) is 0 Å². The van der Waals surface area contributed by atoms with Gasteiger partial charge in [0.1, 0.15) is 6.23 Å². The third-order valence-corrected chi connectivity index (χ3v) is 3.80. The molecule has 2 aromatic rings. The molecule has 5 nitrogen and oxygen atoms in total. The number of benzene rings is 2. The molecule has 0 aromatic heterocycles. The second kappa shape index (κ2) is 6.71. The molecule has 0 fully saturated rings. The van der Waals surface area contributed by atoms with E-state index in [4.69, 9.17) is 4.74 Å². The molecule has 1 heterocycles. The molecule has 3 rings (SSSR count). The van der Waals surface area contributed by atoms with Crippen LogP contribution in [0, 0.1) is 0 Å². The quantitative estimate of drug-likeness (QED) is 0.834. The van der Waals surface area contributed by atoms with Gasteiger partial charge in [0.2, 0.25) is 12.1 Å². The summed E-state index contributed by atoms with van der Waals surface area (Å²) in [6.07, 6.45) is -0.779. The Morgan fingerprint density at radius 2 is 1.87 bits per heavy atom. The van der Waals surface area contributed by atoms with Crippen molar-refractivity contribution in [2.24, 2.45) is 5.10 Å². The fraction of sp³-hybridized carbons (Fsp3) is 0.278. The number of aliphatic hydroxyl groups is 1. The van der Waals surface area contributed by atoms with Crippen LogP contribution in [0.15, 0.2) is 59.7 Å². The smallest absolute Gasteiger partial charge is 0.212 e. The predicted molar refractivity (Wildman–Crippen MR) is 90.8 cm³/mol. The Bertz CT molecular complexity index is 668. The first-order chi connectivity index (χ1) is 11.1. The van der Waals surface area contributed by atoms with Gasteiger partial charge in [-0.05, 0) is 24.6 Å². The molecule has 0 aliphatic carbocycles. The third kappa shape index (κ3) is 3.63. The van der Waals surface area contributed by atoms with Crippen molar-refractivity contribution in [1.29, 1.82) is 0 Å². The molecule has 2 atom stereocenters. The number of nitrogens with one attached hydrogen (secondary N) is 1. The lowest BCUT2D eigenvalue weighted by molar-refractivity contribution is 0.186. The zero-order chi connectivity index (χ0) is 16.2. The van der Waals surface area contributed by atoms with E-state index in [1.54, 1.807) is 6.92 Å². The minimum absolute atomic E-state index is 0.217. The van der Waals surface area contributed by atoms with Crippen molar-refractivity contribution in [3.63, 3.8) is 0 Å². The standard InChI is InChI=1S/C18H21N3O2/c1-13-19-20-18(23-13)16-10-8-15(9-11-16)12-21(14(2)22)17-6-4-3-5-7-17/h3-11,14,18,20,22H,12H2,1-2H3. The van der Waals surface area contributed by atoms with Gasteiger partial charge in [-0.15, -0.1) is 5.10 Å². The van der Waals surface area contributed by atoms with Gasteiger partial charge >= 0.3 is 0 Å². The number of nitrogens with zero attached hydrogens (tertiary/aromatic N) is 2. The zero-order valence-corrected chi connectivity index (χ0v) is 13.3. The van der Waals surface area contributed by atoms with E-state index in [1.807, 2.05) is 66.4 Å². The highest BCUT2D eigenvalue weighted by Crippen LogP contribution is 2.22. The van der Waals surface area contributed by atoms with Crippen LogP contribution in [0.4, 0.5) is 5.69 Å². The lowest BCUT2D eigenvalue weighted by atomic mass is 10.1. The van der Waals surface area contributed by atoms with Crippen molar-refractivity contribution in [3.8, 4) is 0 Å². The van der Waals surface area contributed by atoms with Crippen molar-refractivity contribution in [1.82, 2.24) is 5.43 Å². The summed E-state index contributed by atoms with van der Waals surface area (Å²) in [6.45, 7) is 4.23. The van der Waals surface area contributed by atoms with Gasteiger partial charge in [-0.25, -0.2) is 0 Å². The molecule has 0 bridgehead atoms. The largest absolute Gasteiger partial charge is 0.451 e. The zero-order valence-electron chi connectivity index (χ0n) is 13.3. The lowest BCUT2D eigenvalue weighted by Gasteiger charge is -2.28. The van der Waals surface area contributed by atoms with Gasteiger partial charge in [-0.1, -0.05) is 42.5 Å². The highest BCUT2D eigenvalue weighted by molar-refractivity contribution is 5.74. The summed E-state index contributed by atoms with van der Waals surface area (Å²) < 4.78 is 5.56. The molecule has 5 heteroatoms. The number of hydrazone groups is 1. The second-order valence-electron chi connectivity index (χ2n) is 5.59. The molecule has 0 radical (unpaired) electrons. The van der Waals surface area contributed by atoms with Gasteiger partial charge < -0.3 is 14.7 Å². The van der Waals surface area contributed by atoms with Crippen molar-refractivity contribution in [3.05, 3.63) is 65.7 Å². The monoisotopic (exact) mass is 311 g/mol. The number of hydrogen-bond donors (Lipinski definition) is 2. The molecule has 1 aliphatic heterocycles. The average molecular weight is 311 g/mol. The molecule has 0 saturated heterocycles. The van der Waals surface area contributed by atoms with E-state index in [0.29, 0.717) is 12.4 Å². The third-order valence-electron chi connectivity index (χ3n) is 3.80. The number of hydrogen-bond acceptors (Lipinski definition) is 5. The second-order valence-corrected chi connectivity index (χ2v) is 5.59. The number of anilines is 1. The summed E-state index contributed by atoms with van der Waals surface area (Å²) in [5, 5.41) is 14.1. The van der Waals surface area contributed by atoms with Crippen LogP contribution < -0.4 is 10.3 Å². The molecule has 120 valence electrons. The number of ether oxygens (including phenoxy) is 1. The topological polar surface area (TPSA) is 57.1 Å². The Hall–Kier alpha value is -2.53. The maximum Gasteiger partial charge on any atom is 0.212 e. The molecule has 2 N–H and O–H groups in total. The first-order valence-electron chi connectivity index (χ1n) is 7.68. The van der Waals surface area contributed by atoms with E-state index in [0.717, 1.165) is 16.8 Å². The molecular formula is C18H21N3O2. The van der Waals surface area contributed by atoms with E-state index < -0.39 is 6.23 Å². The minimum atomic E-state index is -0.562. The van der Waals surface area contributed by atoms with E-state index >= 15 is 0 Å². The van der Waals surface area contributed by atoms with E-state index in [-0.39, 0.29) is 6.23 Å². The Labute approximate surface area is 136 Å². The molecule has 1 aliphatic rings. The van der Waals surface area contributed by atoms with Crippen LogP contribution in [0.5, 0.6) is 0 Å². The summed E-state index contributed by atoms with van der Waals surface area (Å²) >= 11 is 0. The highest BCUT2D eigenvalue weighted by atomic mass is 16.5. The SMILES string of the molecule is CC1=NNC(c2ccc(CN(c3ccccc3)C(C)O)cc2)O1. The first-order valence-corrected chi connectivity index (χ1v) is 7.68. The van der Waals surface area contributed by atoms with Gasteiger partial charge in [0, 0.05) is 24.7 Å². The van der Waals surface area contributed by atoms with Crippen LogP contribution in [0.2, 0.25) is 0 Å². The Morgan fingerprint density at radius 3 is 2.43 bits per heavy atom. The number of rotatable bonds is 5. The normalized spacial score (nSPS) is 17.9. The van der Waals surface area contributed by atoms with Crippen LogP contribution in [-0.4, -0.2) is 17.2 Å². The van der Waals surface area contributed by atoms with Crippen molar-refractivity contribution >= 4 is 11.6 Å². The average Bonchev–Trinajstić information content (AvgIpc) is 3.00. The van der Waals surface area contributed by atoms with Crippen LogP contribution in [0.1, 0.15) is 31.2 Å². The van der Waals surface area contributed by atoms with Crippen molar-refractivity contribution < 1.29 is 9.84 Å². The molecule has 0 amide bonds. The van der Waals surface area contributed by atoms with Crippen LogP contribution in [0.3, 0.4) is 0 Å². The number of aliphatic hydroxyl groups excluding tert-OH is 1. The fourth-order valence-corrected chi connectivity index (χ4v) is 2.57. The van der Waals surface area contributed by atoms with Crippen molar-refractivity contribution in [2.45, 2.75) is 32.8 Å². The lowest BCUT2D eigenvalue weighted by Crippen LogP contribution is -2.32. The summed E-state index contributed by atoms with van der Waals surface area (Å²) in [5.74, 6) is 0.642. The molecule has 23 heavy (non-hydrogen) atoms. The summed E-state index contributed by atoms with van der Waals surface area (Å²) in [4.78, 5) is 1.95. The fourth-order valence-electron chi connectivity index (χ4n) is 2.57. The Kier molecular flexibility index (Phi) is 4.48. The van der Waals surface area contributed by atoms with Gasteiger partial charge in [0.15, 0.2) is 0 Å². The van der Waals surface area contributed by atoms with Gasteiger partial charge in [-0.3, -0.25) is 5.43 Å². The number of para-hydroxylation sites is 1. The van der Waals surface area contributed by atoms with E-state index in [9.17, 15) is 5.11 Å². The molecule has 2 aromatic carbocycles. The van der Waals surface area contributed by atoms with Crippen LogP contribution in [-0.2, 0) is 11.3 Å². The first kappa shape index (κ1) is 15.4. The molecule has 0 saturated carbocycles. The summed E-state index contributed by atoms with van der Waals surface area (Å²) in [6, 6.07) is 18.0. The van der Waals surface area contributed by atoms with Crippen molar-refractivity contribution in [2.75, 3.05) is 4.90 Å².